The van der Waals surface area contributed by atoms with Crippen molar-refractivity contribution in [3.63, 3.8) is 0 Å². The van der Waals surface area contributed by atoms with Crippen LogP contribution in [0.4, 0.5) is 10.1 Å². The van der Waals surface area contributed by atoms with E-state index >= 15 is 4.39 Å². The lowest BCUT2D eigenvalue weighted by Crippen LogP contribution is -2.61. The molecule has 2 spiro atoms. The predicted octanol–water partition coefficient (Wildman–Crippen LogP) is 7.60. The van der Waals surface area contributed by atoms with Crippen LogP contribution >= 0.6 is 34.5 Å². The van der Waals surface area contributed by atoms with Crippen molar-refractivity contribution in [2.45, 2.75) is 100 Å². The molecule has 1 aromatic carbocycles. The second kappa shape index (κ2) is 11.1. The summed E-state index contributed by atoms with van der Waals surface area (Å²) in [5.41, 5.74) is 1.45. The highest BCUT2D eigenvalue weighted by Crippen LogP contribution is 2.64. The van der Waals surface area contributed by atoms with E-state index in [-0.39, 0.29) is 33.7 Å². The van der Waals surface area contributed by atoms with Gasteiger partial charge in [0.1, 0.15) is 15.9 Å². The lowest BCUT2D eigenvalue weighted by molar-refractivity contribution is -0.124. The zero-order valence-electron chi connectivity index (χ0n) is 24.8. The summed E-state index contributed by atoms with van der Waals surface area (Å²) in [5.74, 6) is -1.13. The molecule has 2 aliphatic heterocycles. The number of benzene rings is 1. The molecule has 4 aliphatic rings. The molecule has 0 bridgehead atoms. The van der Waals surface area contributed by atoms with Gasteiger partial charge >= 0.3 is 0 Å². The average Bonchev–Trinajstić information content (AvgIpc) is 3.70. The van der Waals surface area contributed by atoms with Gasteiger partial charge in [-0.05, 0) is 92.0 Å². The Bertz CT molecular complexity index is 1600. The van der Waals surface area contributed by atoms with E-state index in [1.807, 2.05) is 6.07 Å². The molecule has 2 saturated carbocycles. The minimum atomic E-state index is -1.25. The normalized spacial score (nSPS) is 30.4. The largest absolute Gasteiger partial charge is 0.325 e. The van der Waals surface area contributed by atoms with Gasteiger partial charge in [-0.25, -0.2) is 9.37 Å². The maximum absolute atomic E-state index is 16.1. The van der Waals surface area contributed by atoms with Crippen LogP contribution in [-0.2, 0) is 15.0 Å². The van der Waals surface area contributed by atoms with Crippen LogP contribution < -0.4 is 10.6 Å². The van der Waals surface area contributed by atoms with Gasteiger partial charge in [0.2, 0.25) is 5.91 Å². The van der Waals surface area contributed by atoms with Crippen LogP contribution in [0.25, 0.3) is 0 Å². The van der Waals surface area contributed by atoms with Gasteiger partial charge in [-0.1, -0.05) is 43.1 Å². The van der Waals surface area contributed by atoms with Crippen LogP contribution in [0, 0.1) is 17.2 Å². The fourth-order valence-corrected chi connectivity index (χ4v) is 9.82. The molecule has 3 aromatic rings. The highest BCUT2D eigenvalue weighted by Gasteiger charge is 2.72. The van der Waals surface area contributed by atoms with Crippen molar-refractivity contribution in [3.8, 4) is 0 Å². The molecule has 0 radical (unpaired) electrons. The van der Waals surface area contributed by atoms with Crippen LogP contribution in [0.1, 0.15) is 99.6 Å². The molecular weight excluding hydrogens is 620 g/mol. The van der Waals surface area contributed by atoms with Crippen LogP contribution in [0.3, 0.4) is 0 Å². The van der Waals surface area contributed by atoms with Crippen LogP contribution in [0.5, 0.6) is 0 Å². The van der Waals surface area contributed by atoms with E-state index in [1.54, 1.807) is 35.0 Å². The molecule has 2 N–H and O–H groups in total. The number of rotatable bonds is 5. The molecular formula is C33H36Cl2FN5O2S. The minimum absolute atomic E-state index is 0.0120. The SMILES string of the molecule is CC1(C)CCC2(CC1)N[C@@H](C(=O)CC1CCC(c3nncs3)CC1)[C@H](c1ccnc(Cl)c1F)[C@]21C(=O)Nc2cc(Cl)ccc21. The number of hydrogen-bond donors (Lipinski definition) is 2. The third-order valence-electron chi connectivity index (χ3n) is 11.1. The Morgan fingerprint density at radius 3 is 2.55 bits per heavy atom. The Kier molecular flexibility index (Phi) is 7.63. The third kappa shape index (κ3) is 4.72. The molecule has 4 heterocycles. The van der Waals surface area contributed by atoms with Crippen molar-refractivity contribution in [3.05, 3.63) is 68.1 Å². The second-order valence-electron chi connectivity index (χ2n) is 14.0. The number of nitrogens with zero attached hydrogens (tertiary/aromatic N) is 3. The van der Waals surface area contributed by atoms with Gasteiger partial charge in [0, 0.05) is 40.7 Å². The number of pyridine rings is 1. The molecule has 3 atom stereocenters. The standard InChI is InChI=1S/C33H36Cl2FN5O2S/c1-31(2)10-12-32(13-11-31)33(22-8-7-20(34)16-23(22)39-30(33)43)25(21-9-14-37-28(35)26(21)36)27(40-32)24(42)15-18-3-5-19(6-4-18)29-41-38-17-44-29/h7-9,14,16-19,25,27,40H,3-6,10-13,15H2,1-2H3,(H,39,43)/t18?,19?,25-,27-,33+/m0/s1. The number of fused-ring (bicyclic) bond motifs is 3. The fraction of sp³-hybridized carbons (Fsp3) is 0.545. The number of hydrogen-bond acceptors (Lipinski definition) is 7. The number of carbonyl (C=O) groups excluding carboxylic acids is 2. The van der Waals surface area contributed by atoms with Gasteiger partial charge in [-0.3, -0.25) is 14.9 Å². The molecule has 7 rings (SSSR count). The number of amides is 1. The zero-order chi connectivity index (χ0) is 30.9. The minimum Gasteiger partial charge on any atom is -0.325 e. The van der Waals surface area contributed by atoms with Gasteiger partial charge < -0.3 is 5.32 Å². The average molecular weight is 657 g/mol. The molecule has 2 aliphatic carbocycles. The number of anilines is 1. The Morgan fingerprint density at radius 2 is 1.84 bits per heavy atom. The smallest absolute Gasteiger partial charge is 0.237 e. The highest BCUT2D eigenvalue weighted by molar-refractivity contribution is 7.09. The number of halogens is 3. The first-order valence-corrected chi connectivity index (χ1v) is 17.2. The summed E-state index contributed by atoms with van der Waals surface area (Å²) < 4.78 is 16.1. The summed E-state index contributed by atoms with van der Waals surface area (Å²) in [6.07, 6.45) is 8.64. The Morgan fingerprint density at radius 1 is 1.09 bits per heavy atom. The van der Waals surface area contributed by atoms with Crippen LogP contribution in [0.2, 0.25) is 10.2 Å². The number of Topliss-reactive ketones (excluding diaryl/α,β-unsaturated/α-hetero) is 1. The lowest BCUT2D eigenvalue weighted by atomic mass is 9.53. The lowest BCUT2D eigenvalue weighted by Gasteiger charge is -2.50. The van der Waals surface area contributed by atoms with Gasteiger partial charge in [0.15, 0.2) is 16.8 Å². The van der Waals surface area contributed by atoms with E-state index in [4.69, 9.17) is 23.2 Å². The molecule has 1 saturated heterocycles. The fourth-order valence-electron chi connectivity index (χ4n) is 8.76. The first-order chi connectivity index (χ1) is 21.0. The summed E-state index contributed by atoms with van der Waals surface area (Å²) in [7, 11) is 0. The molecule has 3 fully saturated rings. The van der Waals surface area contributed by atoms with Crippen molar-refractivity contribution < 1.29 is 14.0 Å². The predicted molar refractivity (Wildman–Crippen MR) is 170 cm³/mol. The molecule has 11 heteroatoms. The number of aromatic nitrogens is 3. The zero-order valence-corrected chi connectivity index (χ0v) is 27.2. The molecule has 2 aromatic heterocycles. The number of ketones is 1. The van der Waals surface area contributed by atoms with Gasteiger partial charge in [-0.15, -0.1) is 21.5 Å². The maximum Gasteiger partial charge on any atom is 0.237 e. The van der Waals surface area contributed by atoms with E-state index in [0.717, 1.165) is 49.1 Å². The van der Waals surface area contributed by atoms with Crippen molar-refractivity contribution in [2.24, 2.45) is 11.3 Å². The van der Waals surface area contributed by atoms with Crippen molar-refractivity contribution in [1.82, 2.24) is 20.5 Å². The third-order valence-corrected chi connectivity index (χ3v) is 12.4. The van der Waals surface area contributed by atoms with E-state index in [2.05, 4.69) is 39.7 Å². The Hall–Kier alpha value is -2.46. The van der Waals surface area contributed by atoms with E-state index in [9.17, 15) is 9.59 Å². The van der Waals surface area contributed by atoms with Crippen LogP contribution in [-0.4, -0.2) is 38.5 Å². The van der Waals surface area contributed by atoms with Crippen molar-refractivity contribution in [1.29, 1.82) is 0 Å². The van der Waals surface area contributed by atoms with Crippen molar-refractivity contribution in [2.75, 3.05) is 5.32 Å². The Labute approximate surface area is 270 Å². The van der Waals surface area contributed by atoms with E-state index < -0.39 is 28.7 Å². The second-order valence-corrected chi connectivity index (χ2v) is 15.6. The van der Waals surface area contributed by atoms with Gasteiger partial charge in [0.25, 0.3) is 0 Å². The van der Waals surface area contributed by atoms with E-state index in [1.165, 1.54) is 6.20 Å². The summed E-state index contributed by atoms with van der Waals surface area (Å²) in [4.78, 5) is 33.1. The monoisotopic (exact) mass is 655 g/mol. The molecule has 0 unspecified atom stereocenters. The molecule has 232 valence electrons. The molecule has 44 heavy (non-hydrogen) atoms. The number of carbonyl (C=O) groups is 2. The quantitative estimate of drug-likeness (QED) is 0.275. The maximum atomic E-state index is 16.1. The van der Waals surface area contributed by atoms with E-state index in [0.29, 0.717) is 35.9 Å². The van der Waals surface area contributed by atoms with Gasteiger partial charge in [-0.2, -0.15) is 0 Å². The molecule has 1 amide bonds. The first kappa shape index (κ1) is 30.2. The first-order valence-electron chi connectivity index (χ1n) is 15.5. The summed E-state index contributed by atoms with van der Waals surface area (Å²) in [6.45, 7) is 4.48. The summed E-state index contributed by atoms with van der Waals surface area (Å²) in [6, 6.07) is 6.23. The van der Waals surface area contributed by atoms with Crippen molar-refractivity contribution >= 4 is 51.9 Å². The number of nitrogens with one attached hydrogen (secondary N) is 2. The molecule has 7 nitrogen and oxygen atoms in total. The highest BCUT2D eigenvalue weighted by atomic mass is 35.5. The summed E-state index contributed by atoms with van der Waals surface area (Å²) in [5, 5.41) is 16.5. The Balaban J connectivity index is 1.31. The van der Waals surface area contributed by atoms with Crippen LogP contribution in [0.15, 0.2) is 36.0 Å². The summed E-state index contributed by atoms with van der Waals surface area (Å²) >= 11 is 14.3. The van der Waals surface area contributed by atoms with Gasteiger partial charge in [0.05, 0.1) is 6.04 Å². The topological polar surface area (TPSA) is 96.9 Å².